The lowest BCUT2D eigenvalue weighted by Crippen LogP contribution is -2.63. The van der Waals surface area contributed by atoms with Crippen LogP contribution >= 0.6 is 27.3 Å². The van der Waals surface area contributed by atoms with Gasteiger partial charge < -0.3 is 43.5 Å². The Hall–Kier alpha value is -4.31. The summed E-state index contributed by atoms with van der Waals surface area (Å²) in [6.45, 7) is 4.37. The zero-order valence-electron chi connectivity index (χ0n) is 25.1. The molecule has 0 aromatic carbocycles. The first-order chi connectivity index (χ1) is 21.9. The number of nitrogens with two attached hydrogens (primary N) is 1. The summed E-state index contributed by atoms with van der Waals surface area (Å²) in [5.74, 6) is 3.10. The van der Waals surface area contributed by atoms with Crippen LogP contribution in [0.5, 0.6) is 5.88 Å². The summed E-state index contributed by atoms with van der Waals surface area (Å²) >= 11 is 4.94. The third-order valence-electron chi connectivity index (χ3n) is 6.06. The maximum atomic E-state index is 12.0. The van der Waals surface area contributed by atoms with Crippen LogP contribution in [0.1, 0.15) is 32.6 Å². The zero-order chi connectivity index (χ0) is 33.4. The van der Waals surface area contributed by atoms with E-state index < -0.39 is 54.6 Å². The van der Waals surface area contributed by atoms with Gasteiger partial charge in [-0.15, -0.1) is 11.3 Å². The number of fused-ring (bicyclic) bond motifs is 1. The molecule has 0 radical (unpaired) electrons. The average Bonchev–Trinajstić information content (AvgIpc) is 3.58. The minimum absolute atomic E-state index is 0.00318. The third kappa shape index (κ3) is 9.36. The van der Waals surface area contributed by atoms with Crippen molar-refractivity contribution in [2.45, 2.75) is 71.6 Å². The number of anilines is 1. The Morgan fingerprint density at radius 2 is 1.70 bits per heavy atom. The number of nitrogen functional groups attached to an aromatic ring is 1. The molecule has 1 aliphatic rings. The molecule has 0 aliphatic carbocycles. The average molecular weight is 725 g/mol. The van der Waals surface area contributed by atoms with E-state index in [0.29, 0.717) is 11.2 Å². The summed E-state index contributed by atoms with van der Waals surface area (Å²) in [5.41, 5.74) is 6.73. The number of rotatable bonds is 11. The van der Waals surface area contributed by atoms with E-state index >= 15 is 0 Å². The van der Waals surface area contributed by atoms with Gasteiger partial charge in [0.25, 0.3) is 0 Å². The van der Waals surface area contributed by atoms with E-state index in [4.69, 9.17) is 38.9 Å². The highest BCUT2D eigenvalue weighted by molar-refractivity contribution is 9.10. The zero-order valence-corrected chi connectivity index (χ0v) is 27.5. The summed E-state index contributed by atoms with van der Waals surface area (Å²) in [7, 11) is 0. The minimum atomic E-state index is -1.35. The molecule has 16 nitrogen and oxygen atoms in total. The first-order valence-corrected chi connectivity index (χ1v) is 15.3. The number of carbonyl (C=O) groups excluding carboxylic acids is 4. The molecule has 2 N–H and O–H groups in total. The van der Waals surface area contributed by atoms with Gasteiger partial charge in [-0.1, -0.05) is 11.8 Å². The summed E-state index contributed by atoms with van der Waals surface area (Å²) < 4.78 is 41.3. The van der Waals surface area contributed by atoms with Crippen LogP contribution in [0.25, 0.3) is 11.2 Å². The van der Waals surface area contributed by atoms with E-state index in [2.05, 4.69) is 42.7 Å². The fourth-order valence-electron chi connectivity index (χ4n) is 4.36. The number of halogens is 1. The number of aromatic nitrogens is 4. The number of carbonyl (C=O) groups is 4. The lowest BCUT2D eigenvalue weighted by molar-refractivity contribution is -0.305. The number of nitrogens with zero attached hydrogens (tertiary/aromatic N) is 4. The van der Waals surface area contributed by atoms with E-state index in [-0.39, 0.29) is 38.2 Å². The molecule has 1 aliphatic heterocycles. The lowest BCUT2D eigenvalue weighted by atomic mass is 9.98. The fraction of sp³-hybridized carbons (Fsp3) is 0.464. The monoisotopic (exact) mass is 723 g/mol. The van der Waals surface area contributed by atoms with Gasteiger partial charge in [-0.2, -0.15) is 9.97 Å². The van der Waals surface area contributed by atoms with Crippen molar-refractivity contribution in [3.8, 4) is 17.7 Å². The number of ether oxygens (including phenoxy) is 7. The van der Waals surface area contributed by atoms with Gasteiger partial charge in [0.05, 0.1) is 12.9 Å². The van der Waals surface area contributed by atoms with Gasteiger partial charge in [0.2, 0.25) is 11.8 Å². The molecule has 0 amide bonds. The van der Waals surface area contributed by atoms with E-state index in [1.807, 2.05) is 11.4 Å². The van der Waals surface area contributed by atoms with Crippen molar-refractivity contribution >= 4 is 68.3 Å². The van der Waals surface area contributed by atoms with Crippen LogP contribution in [0.3, 0.4) is 0 Å². The molecule has 0 bridgehead atoms. The van der Waals surface area contributed by atoms with Crippen molar-refractivity contribution in [1.29, 1.82) is 0 Å². The topological polar surface area (TPSA) is 203 Å². The Labute approximate surface area is 274 Å². The summed E-state index contributed by atoms with van der Waals surface area (Å²) in [6, 6.07) is 1.93. The third-order valence-corrected chi connectivity index (χ3v) is 7.74. The first-order valence-electron chi connectivity index (χ1n) is 13.6. The largest absolute Gasteiger partial charge is 0.470 e. The SMILES string of the molecule is CC(=O)OC[C@H]1O[C@@H](OCC#CCn2cnc3c(OCc4cc(Br)cs4)nc(N)nc32)[C@H](OC(C)=O)[C@@H](OC(C)=O)[C@@H]1OC(C)=O. The van der Waals surface area contributed by atoms with Crippen LogP contribution in [-0.4, -0.2) is 87.3 Å². The standard InChI is InChI=1S/C28H30BrN5O11S/c1-14(35)40-11-20-22(42-15(2)36)23(43-16(3)37)24(44-17(4)38)27(45-20)39-8-6-5-7-34-13-31-21-25(34)32-28(30)33-26(21)41-10-19-9-18(29)12-46-19/h9,12-13,20,22-24,27H,7-8,10-11H2,1-4H3,(H2,30,32,33)/t20-,22-,23+,24-,27-/m1/s1. The van der Waals surface area contributed by atoms with Gasteiger partial charge in [0, 0.05) is 42.4 Å². The van der Waals surface area contributed by atoms with Crippen LogP contribution in [0, 0.1) is 11.8 Å². The Morgan fingerprint density at radius 1 is 1.00 bits per heavy atom. The second-order valence-corrected chi connectivity index (χ2v) is 11.6. The molecule has 5 atom stereocenters. The maximum absolute atomic E-state index is 12.0. The number of thiophene rings is 1. The van der Waals surface area contributed by atoms with Crippen molar-refractivity contribution < 1.29 is 52.3 Å². The molecule has 0 unspecified atom stereocenters. The number of hydrogen-bond acceptors (Lipinski definition) is 16. The second-order valence-electron chi connectivity index (χ2n) is 9.68. The Bertz CT molecular complexity index is 1650. The molecule has 246 valence electrons. The highest BCUT2D eigenvalue weighted by atomic mass is 79.9. The van der Waals surface area contributed by atoms with Gasteiger partial charge in [0.15, 0.2) is 35.8 Å². The van der Waals surface area contributed by atoms with Crippen molar-refractivity contribution in [1.82, 2.24) is 19.5 Å². The molecule has 1 saturated heterocycles. The first kappa shape index (κ1) is 34.6. The summed E-state index contributed by atoms with van der Waals surface area (Å²) in [5, 5.41) is 1.94. The highest BCUT2D eigenvalue weighted by Crippen LogP contribution is 2.30. The van der Waals surface area contributed by atoms with E-state index in [9.17, 15) is 19.2 Å². The van der Waals surface area contributed by atoms with Gasteiger partial charge in [-0.05, 0) is 22.0 Å². The van der Waals surface area contributed by atoms with Gasteiger partial charge in [-0.25, -0.2) is 4.98 Å². The van der Waals surface area contributed by atoms with Crippen LogP contribution in [0.2, 0.25) is 0 Å². The molecular formula is C28H30BrN5O11S. The van der Waals surface area contributed by atoms with E-state index in [0.717, 1.165) is 30.1 Å². The van der Waals surface area contributed by atoms with Gasteiger partial charge in [-0.3, -0.25) is 19.2 Å². The normalized spacial score (nSPS) is 20.7. The molecule has 3 aromatic rings. The summed E-state index contributed by atoms with van der Waals surface area (Å²) in [4.78, 5) is 61.1. The molecule has 1 fully saturated rings. The van der Waals surface area contributed by atoms with Crippen molar-refractivity contribution in [2.24, 2.45) is 0 Å². The number of esters is 4. The molecule has 4 heterocycles. The Morgan fingerprint density at radius 3 is 2.35 bits per heavy atom. The van der Waals surface area contributed by atoms with Crippen LogP contribution in [0.15, 0.2) is 22.2 Å². The van der Waals surface area contributed by atoms with Gasteiger partial charge >= 0.3 is 23.9 Å². The quantitative estimate of drug-likeness (QED) is 0.171. The van der Waals surface area contributed by atoms with Crippen molar-refractivity contribution in [3.05, 3.63) is 27.1 Å². The smallest absolute Gasteiger partial charge is 0.303 e. The lowest BCUT2D eigenvalue weighted by Gasteiger charge is -2.43. The van der Waals surface area contributed by atoms with Crippen molar-refractivity contribution in [3.63, 3.8) is 0 Å². The van der Waals surface area contributed by atoms with Crippen LogP contribution < -0.4 is 10.5 Å². The van der Waals surface area contributed by atoms with Crippen LogP contribution in [0.4, 0.5) is 5.95 Å². The predicted octanol–water partition coefficient (Wildman–Crippen LogP) is 1.91. The molecule has 18 heteroatoms. The fourth-order valence-corrected chi connectivity index (χ4v) is 5.72. The summed E-state index contributed by atoms with van der Waals surface area (Å²) in [6.07, 6.45) is -4.96. The van der Waals surface area contributed by atoms with Crippen molar-refractivity contribution in [2.75, 3.05) is 18.9 Å². The molecule has 0 saturated carbocycles. The molecule has 0 spiro atoms. The predicted molar refractivity (Wildman–Crippen MR) is 162 cm³/mol. The Balaban J connectivity index is 1.48. The number of hydrogen-bond donors (Lipinski definition) is 1. The maximum Gasteiger partial charge on any atom is 0.303 e. The van der Waals surface area contributed by atoms with E-state index in [1.165, 1.54) is 24.6 Å². The highest BCUT2D eigenvalue weighted by Gasteiger charge is 2.52. The van der Waals surface area contributed by atoms with Gasteiger partial charge in [0.1, 0.15) is 25.9 Å². The second kappa shape index (κ2) is 15.8. The molecule has 3 aromatic heterocycles. The van der Waals surface area contributed by atoms with Crippen LogP contribution in [-0.2, 0) is 60.8 Å². The Kier molecular flexibility index (Phi) is 11.9. The van der Waals surface area contributed by atoms with E-state index in [1.54, 1.807) is 4.57 Å². The molecule has 46 heavy (non-hydrogen) atoms. The number of imidazole rings is 1. The minimum Gasteiger partial charge on any atom is -0.470 e. The molecule has 4 rings (SSSR count). The molecular weight excluding hydrogens is 694 g/mol.